The Hall–Kier alpha value is -3.99. The molecule has 0 spiro atoms. The van der Waals surface area contributed by atoms with Crippen LogP contribution in [0.25, 0.3) is 15.6 Å². The van der Waals surface area contributed by atoms with Crippen LogP contribution in [0, 0.1) is 13.5 Å². The number of benzene rings is 2. The van der Waals surface area contributed by atoms with Gasteiger partial charge in [-0.25, -0.2) is 20.9 Å². The van der Waals surface area contributed by atoms with Crippen LogP contribution in [0.2, 0.25) is 0 Å². The third-order valence-electron chi connectivity index (χ3n) is 7.22. The summed E-state index contributed by atoms with van der Waals surface area (Å²) >= 11 is 0. The molecule has 1 amide bonds. The molecule has 1 atom stereocenters. The van der Waals surface area contributed by atoms with E-state index in [1.807, 2.05) is 0 Å². The molecule has 2 aliphatic rings. The van der Waals surface area contributed by atoms with Crippen molar-refractivity contribution in [3.05, 3.63) is 83.4 Å². The molecular weight excluding hydrogens is 455 g/mol. The molecule has 36 heavy (non-hydrogen) atoms. The van der Waals surface area contributed by atoms with E-state index in [9.17, 15) is 9.18 Å². The van der Waals surface area contributed by atoms with Crippen LogP contribution in [0.3, 0.4) is 0 Å². The zero-order valence-corrected chi connectivity index (χ0v) is 20.5. The molecule has 0 unspecified atom stereocenters. The number of nitrogens with zero attached hydrogens (tertiary/aromatic N) is 6. The fraction of sp³-hybridized carbons (Fsp3) is 0.357. The molecule has 2 aliphatic heterocycles. The van der Waals surface area contributed by atoms with E-state index in [-0.39, 0.29) is 6.54 Å². The van der Waals surface area contributed by atoms with Crippen LogP contribution in [0.1, 0.15) is 23.2 Å². The normalized spacial score (nSPS) is 17.9. The topological polar surface area (TPSA) is 56.9 Å². The van der Waals surface area contributed by atoms with Gasteiger partial charge in [-0.15, -0.1) is 0 Å². The number of anilines is 2. The van der Waals surface area contributed by atoms with Gasteiger partial charge in [-0.05, 0) is 36.8 Å². The van der Waals surface area contributed by atoms with E-state index in [0.717, 1.165) is 36.5 Å². The van der Waals surface area contributed by atoms with Crippen molar-refractivity contribution in [2.75, 3.05) is 42.5 Å². The SMILES string of the molecule is [C-]#[N+]C[C@H]1CN(c2ncnc3c2CCCN(c2cccc4cccc(C)c24)C3)CCN1C(=O)C(=C)F. The maximum atomic E-state index is 13.6. The van der Waals surface area contributed by atoms with Gasteiger partial charge in [0.15, 0.2) is 5.83 Å². The molecule has 3 aromatic rings. The molecule has 0 N–H and O–H groups in total. The summed E-state index contributed by atoms with van der Waals surface area (Å²) in [5, 5.41) is 2.50. The highest BCUT2D eigenvalue weighted by Gasteiger charge is 2.35. The zero-order chi connectivity index (χ0) is 25.2. The lowest BCUT2D eigenvalue weighted by molar-refractivity contribution is -0.131. The number of aryl methyl sites for hydroxylation is 1. The third-order valence-corrected chi connectivity index (χ3v) is 7.22. The monoisotopic (exact) mass is 484 g/mol. The Morgan fingerprint density at radius 1 is 1.17 bits per heavy atom. The Kier molecular flexibility index (Phi) is 6.55. The van der Waals surface area contributed by atoms with Gasteiger partial charge in [0, 0.05) is 42.8 Å². The summed E-state index contributed by atoms with van der Waals surface area (Å²) in [5.74, 6) is -0.860. The maximum Gasteiger partial charge on any atom is 0.282 e. The highest BCUT2D eigenvalue weighted by Crippen LogP contribution is 2.34. The first-order valence-electron chi connectivity index (χ1n) is 12.3. The lowest BCUT2D eigenvalue weighted by atomic mass is 10.0. The first-order valence-corrected chi connectivity index (χ1v) is 12.3. The molecule has 3 heterocycles. The Bertz CT molecular complexity index is 1360. The zero-order valence-electron chi connectivity index (χ0n) is 20.5. The molecule has 1 fully saturated rings. The van der Waals surface area contributed by atoms with Gasteiger partial charge in [0.1, 0.15) is 18.2 Å². The highest BCUT2D eigenvalue weighted by molar-refractivity contribution is 5.97. The average Bonchev–Trinajstić information content (AvgIpc) is 3.11. The van der Waals surface area contributed by atoms with E-state index >= 15 is 0 Å². The molecule has 0 bridgehead atoms. The Morgan fingerprint density at radius 3 is 2.75 bits per heavy atom. The standard InChI is InChI=1S/C28H29FN6O/c1-19-7-4-8-21-9-5-11-25(26(19)21)33-12-6-10-23-24(17-33)31-18-32-27(23)34-13-14-35(28(36)20(2)29)22(16-34)15-30-3/h4-5,7-9,11,18,22H,2,6,10,12-17H2,1H3/t22-/m0/s1. The minimum atomic E-state index is -0.988. The molecule has 1 saturated heterocycles. The first-order chi connectivity index (χ1) is 17.5. The predicted molar refractivity (Wildman–Crippen MR) is 140 cm³/mol. The predicted octanol–water partition coefficient (Wildman–Crippen LogP) is 4.31. The van der Waals surface area contributed by atoms with Crippen LogP contribution in [-0.4, -0.2) is 59.5 Å². The van der Waals surface area contributed by atoms with Crippen molar-refractivity contribution in [2.45, 2.75) is 32.4 Å². The number of carbonyl (C=O) groups is 1. The largest absolute Gasteiger partial charge is 0.365 e. The lowest BCUT2D eigenvalue weighted by Gasteiger charge is -2.40. The van der Waals surface area contributed by atoms with Crippen LogP contribution in [0.4, 0.5) is 15.9 Å². The number of piperazine rings is 1. The number of fused-ring (bicyclic) bond motifs is 2. The summed E-state index contributed by atoms with van der Waals surface area (Å²) in [4.78, 5) is 31.1. The summed E-state index contributed by atoms with van der Waals surface area (Å²) in [7, 11) is 0. The van der Waals surface area contributed by atoms with Crippen LogP contribution in [0.15, 0.2) is 55.1 Å². The highest BCUT2D eigenvalue weighted by atomic mass is 19.1. The van der Waals surface area contributed by atoms with E-state index < -0.39 is 17.8 Å². The molecule has 184 valence electrons. The van der Waals surface area contributed by atoms with Gasteiger partial charge < -0.3 is 19.5 Å². The minimum absolute atomic E-state index is 0.108. The van der Waals surface area contributed by atoms with Gasteiger partial charge in [0.05, 0.1) is 12.2 Å². The fourth-order valence-electron chi connectivity index (χ4n) is 5.52. The van der Waals surface area contributed by atoms with Crippen LogP contribution in [0.5, 0.6) is 0 Å². The van der Waals surface area contributed by atoms with Crippen LogP contribution < -0.4 is 9.80 Å². The Labute approximate surface area is 210 Å². The molecular formula is C28H29FN6O. The number of aromatic nitrogens is 2. The van der Waals surface area contributed by atoms with Crippen molar-refractivity contribution in [3.8, 4) is 0 Å². The average molecular weight is 485 g/mol. The van der Waals surface area contributed by atoms with Crippen molar-refractivity contribution < 1.29 is 9.18 Å². The molecule has 0 radical (unpaired) electrons. The minimum Gasteiger partial charge on any atom is -0.365 e. The summed E-state index contributed by atoms with van der Waals surface area (Å²) in [5.41, 5.74) is 4.59. The van der Waals surface area contributed by atoms with Crippen LogP contribution >= 0.6 is 0 Å². The summed E-state index contributed by atoms with van der Waals surface area (Å²) in [6.45, 7) is 15.6. The van der Waals surface area contributed by atoms with Gasteiger partial charge in [0.25, 0.3) is 5.91 Å². The second-order valence-electron chi connectivity index (χ2n) is 9.44. The first kappa shape index (κ1) is 23.7. The van der Waals surface area contributed by atoms with Crippen molar-refractivity contribution in [3.63, 3.8) is 0 Å². The summed E-state index contributed by atoms with van der Waals surface area (Å²) < 4.78 is 13.6. The molecule has 0 aliphatic carbocycles. The van der Waals surface area contributed by atoms with Gasteiger partial charge >= 0.3 is 0 Å². The Balaban J connectivity index is 1.44. The lowest BCUT2D eigenvalue weighted by Crippen LogP contribution is -2.56. The molecule has 0 saturated carbocycles. The number of amides is 1. The Morgan fingerprint density at radius 2 is 1.97 bits per heavy atom. The number of hydrogen-bond acceptors (Lipinski definition) is 5. The second-order valence-corrected chi connectivity index (χ2v) is 9.44. The van der Waals surface area contributed by atoms with E-state index in [1.165, 1.54) is 26.9 Å². The maximum absolute atomic E-state index is 13.6. The van der Waals surface area contributed by atoms with Crippen molar-refractivity contribution >= 4 is 28.2 Å². The van der Waals surface area contributed by atoms with E-state index in [4.69, 9.17) is 6.57 Å². The second kappa shape index (κ2) is 9.94. The van der Waals surface area contributed by atoms with Crippen molar-refractivity contribution in [2.24, 2.45) is 0 Å². The molecule has 8 heteroatoms. The third kappa shape index (κ3) is 4.37. The van der Waals surface area contributed by atoms with Crippen molar-refractivity contribution in [1.29, 1.82) is 0 Å². The number of hydrogen-bond donors (Lipinski definition) is 0. The van der Waals surface area contributed by atoms with Gasteiger partial charge in [-0.3, -0.25) is 4.79 Å². The van der Waals surface area contributed by atoms with E-state index in [0.29, 0.717) is 26.2 Å². The molecule has 1 aromatic heterocycles. The van der Waals surface area contributed by atoms with Gasteiger partial charge in [-0.1, -0.05) is 36.9 Å². The summed E-state index contributed by atoms with van der Waals surface area (Å²) in [6, 6.07) is 12.4. The fourth-order valence-corrected chi connectivity index (χ4v) is 5.52. The van der Waals surface area contributed by atoms with Crippen molar-refractivity contribution in [1.82, 2.24) is 14.9 Å². The smallest absolute Gasteiger partial charge is 0.282 e. The molecule has 2 aromatic carbocycles. The quantitative estimate of drug-likeness (QED) is 0.408. The van der Waals surface area contributed by atoms with Gasteiger partial charge in [0.2, 0.25) is 6.54 Å². The summed E-state index contributed by atoms with van der Waals surface area (Å²) in [6.07, 6.45) is 3.41. The molecule has 5 rings (SSSR count). The van der Waals surface area contributed by atoms with E-state index in [2.05, 4.69) is 74.5 Å². The number of halogens is 1. The van der Waals surface area contributed by atoms with Gasteiger partial charge in [-0.2, -0.15) is 0 Å². The van der Waals surface area contributed by atoms with E-state index in [1.54, 1.807) is 6.33 Å². The van der Waals surface area contributed by atoms with Crippen LogP contribution in [-0.2, 0) is 17.8 Å². The number of rotatable bonds is 4. The number of carbonyl (C=O) groups excluding carboxylic acids is 1. The molecule has 7 nitrogen and oxygen atoms in total.